The number of allylic oxidation sites excluding steroid dienone is 18. The largest absolute Gasteiger partial charge is 0.462 e. The molecule has 0 radical (unpaired) electrons. The maximum Gasteiger partial charge on any atom is 0.306 e. The van der Waals surface area contributed by atoms with Crippen LogP contribution in [-0.4, -0.2) is 37.2 Å². The van der Waals surface area contributed by atoms with Crippen LogP contribution in [-0.2, 0) is 28.6 Å². The summed E-state index contributed by atoms with van der Waals surface area (Å²) in [5.74, 6) is -0.954. The Bertz CT molecular complexity index is 1540. The fourth-order valence-corrected chi connectivity index (χ4v) is 8.76. The molecule has 0 aromatic carbocycles. The summed E-state index contributed by atoms with van der Waals surface area (Å²) in [6.45, 7) is 6.48. The van der Waals surface area contributed by atoms with Gasteiger partial charge in [0.25, 0.3) is 0 Å². The van der Waals surface area contributed by atoms with Crippen molar-refractivity contribution in [3.63, 3.8) is 0 Å². The molecule has 434 valence electrons. The average molecular weight is 1060 g/mol. The van der Waals surface area contributed by atoms with Crippen molar-refractivity contribution in [2.75, 3.05) is 13.2 Å². The Balaban J connectivity index is 4.48. The molecule has 0 amide bonds. The molecule has 0 bridgehead atoms. The Morgan fingerprint density at radius 3 is 0.882 bits per heavy atom. The molecule has 76 heavy (non-hydrogen) atoms. The van der Waals surface area contributed by atoms with Crippen LogP contribution in [0, 0.1) is 0 Å². The van der Waals surface area contributed by atoms with E-state index in [1.165, 1.54) is 154 Å². The minimum Gasteiger partial charge on any atom is -0.462 e. The first-order valence-electron chi connectivity index (χ1n) is 31.9. The third-order valence-electron chi connectivity index (χ3n) is 13.5. The lowest BCUT2D eigenvalue weighted by molar-refractivity contribution is -0.167. The van der Waals surface area contributed by atoms with Gasteiger partial charge in [-0.3, -0.25) is 14.4 Å². The predicted molar refractivity (Wildman–Crippen MR) is 330 cm³/mol. The molecule has 0 saturated heterocycles. The average Bonchev–Trinajstić information content (AvgIpc) is 3.42. The van der Waals surface area contributed by atoms with Gasteiger partial charge in [-0.1, -0.05) is 284 Å². The number of hydrogen-bond acceptors (Lipinski definition) is 6. The number of hydrogen-bond donors (Lipinski definition) is 0. The Labute approximate surface area is 470 Å². The molecule has 0 aromatic heterocycles. The Kier molecular flexibility index (Phi) is 60.3. The lowest BCUT2D eigenvalue weighted by atomic mass is 10.0. The molecule has 0 aromatic rings. The van der Waals surface area contributed by atoms with Crippen molar-refractivity contribution in [1.82, 2.24) is 0 Å². The van der Waals surface area contributed by atoms with E-state index in [9.17, 15) is 14.4 Å². The van der Waals surface area contributed by atoms with Gasteiger partial charge in [-0.25, -0.2) is 0 Å². The first kappa shape index (κ1) is 72.1. The van der Waals surface area contributed by atoms with Crippen molar-refractivity contribution in [2.24, 2.45) is 0 Å². The zero-order valence-electron chi connectivity index (χ0n) is 49.7. The monoisotopic (exact) mass is 1050 g/mol. The Morgan fingerprint density at radius 2 is 0.526 bits per heavy atom. The summed E-state index contributed by atoms with van der Waals surface area (Å²) in [6.07, 6.45) is 86.6. The quantitative estimate of drug-likeness (QED) is 0.0261. The van der Waals surface area contributed by atoms with Gasteiger partial charge < -0.3 is 14.2 Å². The third kappa shape index (κ3) is 60.9. The standard InChI is InChI=1S/C70H118O6/c1-4-7-10-13-16-19-22-25-28-31-33-34-35-36-38-39-42-45-48-51-54-57-60-63-69(72)75-66-67(65-74-68(71)62-59-56-53-50-47-44-41-30-27-24-21-18-15-12-9-6-3)76-70(73)64-61-58-55-52-49-46-43-40-37-32-29-26-23-20-17-14-11-8-5-2/h7,10,16-17,19-20,25-26,28-29,33-34,36,38,42,45,51,54,67H,4-6,8-9,11-15,18,21-24,27,30-32,35,37,39-41,43-44,46-50,52-53,55-66H2,1-3H3/b10-7-,19-16-,20-17-,28-25-,29-26-,34-33-,38-36-,45-42-,54-51-. The number of ether oxygens (including phenoxy) is 3. The molecule has 6 heteroatoms. The summed E-state index contributed by atoms with van der Waals surface area (Å²) in [5, 5.41) is 0. The van der Waals surface area contributed by atoms with Crippen LogP contribution in [0.5, 0.6) is 0 Å². The first-order chi connectivity index (χ1) is 37.5. The molecule has 0 saturated carbocycles. The van der Waals surface area contributed by atoms with Crippen molar-refractivity contribution in [3.8, 4) is 0 Å². The number of unbranched alkanes of at least 4 members (excludes halogenated alkanes) is 28. The van der Waals surface area contributed by atoms with E-state index in [0.717, 1.165) is 96.3 Å². The van der Waals surface area contributed by atoms with Crippen molar-refractivity contribution in [1.29, 1.82) is 0 Å². The number of esters is 3. The minimum absolute atomic E-state index is 0.0964. The highest BCUT2D eigenvalue weighted by Crippen LogP contribution is 2.16. The van der Waals surface area contributed by atoms with E-state index in [1.54, 1.807) is 0 Å². The molecule has 0 rings (SSSR count). The lowest BCUT2D eigenvalue weighted by Crippen LogP contribution is -2.30. The van der Waals surface area contributed by atoms with Crippen LogP contribution < -0.4 is 0 Å². The van der Waals surface area contributed by atoms with E-state index in [0.29, 0.717) is 19.3 Å². The van der Waals surface area contributed by atoms with Gasteiger partial charge in [0.15, 0.2) is 6.10 Å². The fraction of sp³-hybridized carbons (Fsp3) is 0.700. The van der Waals surface area contributed by atoms with Crippen molar-refractivity contribution < 1.29 is 28.6 Å². The Morgan fingerprint density at radius 1 is 0.276 bits per heavy atom. The van der Waals surface area contributed by atoms with E-state index < -0.39 is 6.10 Å². The molecule has 0 aliphatic heterocycles. The van der Waals surface area contributed by atoms with E-state index in [-0.39, 0.29) is 37.5 Å². The summed E-state index contributed by atoms with van der Waals surface area (Å²) < 4.78 is 16.9. The second-order valence-electron chi connectivity index (χ2n) is 20.9. The predicted octanol–water partition coefficient (Wildman–Crippen LogP) is 21.8. The van der Waals surface area contributed by atoms with Crippen LogP contribution in [0.25, 0.3) is 0 Å². The maximum atomic E-state index is 12.9. The zero-order valence-corrected chi connectivity index (χ0v) is 49.7. The van der Waals surface area contributed by atoms with Crippen LogP contribution in [0.15, 0.2) is 109 Å². The molecule has 1 unspecified atom stereocenters. The van der Waals surface area contributed by atoms with Gasteiger partial charge in [-0.15, -0.1) is 0 Å². The summed E-state index contributed by atoms with van der Waals surface area (Å²) >= 11 is 0. The molecule has 0 aliphatic carbocycles. The van der Waals surface area contributed by atoms with Crippen LogP contribution >= 0.6 is 0 Å². The molecule has 6 nitrogen and oxygen atoms in total. The second-order valence-corrected chi connectivity index (χ2v) is 20.9. The fourth-order valence-electron chi connectivity index (χ4n) is 8.76. The first-order valence-corrected chi connectivity index (χ1v) is 31.9. The minimum atomic E-state index is -0.805. The van der Waals surface area contributed by atoms with Crippen molar-refractivity contribution >= 4 is 17.9 Å². The van der Waals surface area contributed by atoms with E-state index in [4.69, 9.17) is 14.2 Å². The van der Waals surface area contributed by atoms with Gasteiger partial charge in [-0.05, 0) is 103 Å². The molecule has 0 heterocycles. The lowest BCUT2D eigenvalue weighted by Gasteiger charge is -2.18. The summed E-state index contributed by atoms with van der Waals surface area (Å²) in [7, 11) is 0. The zero-order chi connectivity index (χ0) is 55.0. The highest BCUT2D eigenvalue weighted by atomic mass is 16.6. The second kappa shape index (κ2) is 63.6. The SMILES string of the molecule is CC/C=C\C/C=C\C/C=C\C/C=C\C/C=C\C/C=C\C/C=C\CCCC(=O)OCC(COC(=O)CCCCCCCCCCCCCCCCCC)OC(=O)CCCCCCCCCCC/C=C\C/C=C\CCCCC. The highest BCUT2D eigenvalue weighted by Gasteiger charge is 2.19. The number of carbonyl (C=O) groups is 3. The molecule has 1 atom stereocenters. The van der Waals surface area contributed by atoms with Crippen LogP contribution in [0.4, 0.5) is 0 Å². The molecular formula is C70H118O6. The maximum absolute atomic E-state index is 12.9. The number of carbonyl (C=O) groups excluding carboxylic acids is 3. The van der Waals surface area contributed by atoms with Crippen LogP contribution in [0.2, 0.25) is 0 Å². The molecular weight excluding hydrogens is 937 g/mol. The van der Waals surface area contributed by atoms with Gasteiger partial charge in [0, 0.05) is 19.3 Å². The van der Waals surface area contributed by atoms with Crippen molar-refractivity contribution in [3.05, 3.63) is 109 Å². The number of rotatable bonds is 57. The van der Waals surface area contributed by atoms with Gasteiger partial charge in [0.1, 0.15) is 13.2 Å². The van der Waals surface area contributed by atoms with Gasteiger partial charge in [0.2, 0.25) is 0 Å². The summed E-state index contributed by atoms with van der Waals surface area (Å²) in [5.41, 5.74) is 0. The van der Waals surface area contributed by atoms with Gasteiger partial charge in [-0.2, -0.15) is 0 Å². The van der Waals surface area contributed by atoms with Gasteiger partial charge >= 0.3 is 17.9 Å². The normalized spacial score (nSPS) is 12.8. The van der Waals surface area contributed by atoms with E-state index in [2.05, 4.69) is 130 Å². The summed E-state index contributed by atoms with van der Waals surface area (Å²) in [6, 6.07) is 0. The smallest absolute Gasteiger partial charge is 0.306 e. The molecule has 0 spiro atoms. The van der Waals surface area contributed by atoms with Crippen LogP contribution in [0.1, 0.15) is 297 Å². The molecule has 0 N–H and O–H groups in total. The topological polar surface area (TPSA) is 78.9 Å². The van der Waals surface area contributed by atoms with Crippen molar-refractivity contribution in [2.45, 2.75) is 303 Å². The molecule has 0 aliphatic rings. The molecule has 0 fully saturated rings. The Hall–Kier alpha value is -3.93. The van der Waals surface area contributed by atoms with E-state index >= 15 is 0 Å². The highest BCUT2D eigenvalue weighted by molar-refractivity contribution is 5.71. The summed E-state index contributed by atoms with van der Waals surface area (Å²) in [4.78, 5) is 38.3. The van der Waals surface area contributed by atoms with E-state index in [1.807, 2.05) is 0 Å². The third-order valence-corrected chi connectivity index (χ3v) is 13.5. The van der Waals surface area contributed by atoms with Crippen LogP contribution in [0.3, 0.4) is 0 Å². The van der Waals surface area contributed by atoms with Gasteiger partial charge in [0.05, 0.1) is 0 Å².